The van der Waals surface area contributed by atoms with Crippen molar-refractivity contribution in [3.63, 3.8) is 0 Å². The maximum absolute atomic E-state index is 13.0. The average molecular weight is 941 g/mol. The quantitative estimate of drug-likeness (QED) is 0.0613. The summed E-state index contributed by atoms with van der Waals surface area (Å²) in [4.78, 5) is 82.7. The summed E-state index contributed by atoms with van der Waals surface area (Å²) in [5.41, 5.74) is 3.65. The van der Waals surface area contributed by atoms with Crippen LogP contribution in [-0.4, -0.2) is 71.8 Å². The van der Waals surface area contributed by atoms with Crippen molar-refractivity contribution in [2.24, 2.45) is 5.41 Å². The third-order valence-electron chi connectivity index (χ3n) is 10.6. The second kappa shape index (κ2) is 21.6. The average Bonchev–Trinajstić information content (AvgIpc) is 3.70. The minimum absolute atomic E-state index is 0.0692. The van der Waals surface area contributed by atoms with Crippen LogP contribution >= 0.6 is 23.1 Å². The van der Waals surface area contributed by atoms with Gasteiger partial charge in [-0.3, -0.25) is 48.6 Å². The fraction of sp³-hybridized carbons (Fsp3) is 0.375. The number of esters is 2. The Labute approximate surface area is 389 Å². The van der Waals surface area contributed by atoms with Gasteiger partial charge in [-0.15, -0.1) is 0 Å². The fourth-order valence-corrected chi connectivity index (χ4v) is 8.54. The van der Waals surface area contributed by atoms with E-state index in [9.17, 15) is 33.9 Å². The van der Waals surface area contributed by atoms with Crippen LogP contribution in [-0.2, 0) is 60.9 Å². The van der Waals surface area contributed by atoms with Crippen LogP contribution in [0.3, 0.4) is 0 Å². The molecule has 2 amide bonds. The van der Waals surface area contributed by atoms with E-state index in [1.165, 1.54) is 10.8 Å². The van der Waals surface area contributed by atoms with Crippen LogP contribution in [0.15, 0.2) is 90.0 Å². The maximum Gasteiger partial charge on any atom is 0.311 e. The number of thioether (sulfide) groups is 1. The van der Waals surface area contributed by atoms with Crippen molar-refractivity contribution in [2.45, 2.75) is 96.6 Å². The Hall–Kier alpha value is -6.53. The first-order valence-electron chi connectivity index (χ1n) is 21.3. The summed E-state index contributed by atoms with van der Waals surface area (Å²) in [6, 6.07) is 21.4. The standard InChI is InChI=1S/C48H52N4O12S2/c1-6-33-13-11-32(25-49-33)38(64-44(58)47(2,3)4)28-62-35-15-7-29(8-16-35)23-39-42(56)52(46(60)65-39)22-21-34-14-12-31(26-50-34)37(63-41(55)20-19-40(53)54)27-61-36-17-9-30(10-18-36)24-48(5)43(57)51-45(59)66-48/h7-18,25-26,37-38,56H,6,19-24,27-28H2,1-5H3,(H,53,54)(H,51,57,59). The summed E-state index contributed by atoms with van der Waals surface area (Å²) in [7, 11) is 0. The number of amides is 2. The number of carbonyl (C=O) groups is 5. The number of carboxylic acids is 1. The molecular formula is C48H52N4O12S2. The number of carboxylic acid groups (broad SMARTS) is 1. The number of aliphatic carboxylic acids is 1. The highest BCUT2D eigenvalue weighted by atomic mass is 32.2. The number of nitrogens with zero attached hydrogens (tertiary/aromatic N) is 3. The van der Waals surface area contributed by atoms with Gasteiger partial charge in [0, 0.05) is 54.3 Å². The van der Waals surface area contributed by atoms with Gasteiger partial charge in [-0.1, -0.05) is 54.7 Å². The molecule has 1 aliphatic heterocycles. The Morgan fingerprint density at radius 2 is 1.38 bits per heavy atom. The molecule has 1 saturated heterocycles. The molecule has 3 N–H and O–H groups in total. The molecule has 0 aliphatic carbocycles. The van der Waals surface area contributed by atoms with E-state index in [2.05, 4.69) is 15.3 Å². The number of hydrogen-bond donors (Lipinski definition) is 3. The molecule has 18 heteroatoms. The SMILES string of the molecule is CCc1ccc(C(COc2ccc(Cc3sc(=O)n(CCc4ccc(C(COc5ccc(CC6(C)SC(=O)NC6=O)cc5)OC(=O)CCC(=O)O)cn4)c3O)cc2)OC(=O)C(C)(C)C)cn1. The largest absolute Gasteiger partial charge is 0.494 e. The highest BCUT2D eigenvalue weighted by Crippen LogP contribution is 2.35. The predicted octanol–water partition coefficient (Wildman–Crippen LogP) is 7.32. The van der Waals surface area contributed by atoms with E-state index in [4.69, 9.17) is 24.1 Å². The Bertz CT molecular complexity index is 2570. The van der Waals surface area contributed by atoms with Crippen LogP contribution in [0, 0.1) is 5.41 Å². The van der Waals surface area contributed by atoms with Gasteiger partial charge in [0.2, 0.25) is 11.8 Å². The lowest BCUT2D eigenvalue weighted by Gasteiger charge is -2.24. The third-order valence-corrected chi connectivity index (χ3v) is 12.6. The number of rotatable bonds is 21. The van der Waals surface area contributed by atoms with Crippen LogP contribution in [0.2, 0.25) is 0 Å². The van der Waals surface area contributed by atoms with Gasteiger partial charge in [0.15, 0.2) is 12.2 Å². The van der Waals surface area contributed by atoms with Crippen LogP contribution in [0.25, 0.3) is 0 Å². The third kappa shape index (κ3) is 13.3. The molecule has 2 aromatic carbocycles. The first kappa shape index (κ1) is 48.9. The number of nitrogens with one attached hydrogen (secondary N) is 1. The van der Waals surface area contributed by atoms with Gasteiger partial charge in [0.25, 0.3) is 5.24 Å². The van der Waals surface area contributed by atoms with Gasteiger partial charge in [0.1, 0.15) is 29.5 Å². The number of hydrogen-bond acceptors (Lipinski definition) is 15. The number of benzene rings is 2. The Morgan fingerprint density at radius 1 is 0.803 bits per heavy atom. The van der Waals surface area contributed by atoms with E-state index in [1.807, 2.05) is 31.2 Å². The van der Waals surface area contributed by atoms with E-state index in [-0.39, 0.29) is 54.0 Å². The molecule has 1 aliphatic rings. The highest BCUT2D eigenvalue weighted by molar-refractivity contribution is 8.16. The molecule has 0 spiro atoms. The normalized spacial score (nSPS) is 15.7. The van der Waals surface area contributed by atoms with Crippen LogP contribution in [0.5, 0.6) is 17.4 Å². The Kier molecular flexibility index (Phi) is 16.0. The number of aromatic hydroxyl groups is 1. The molecule has 3 aromatic heterocycles. The molecule has 1 fully saturated rings. The molecule has 0 radical (unpaired) electrons. The van der Waals surface area contributed by atoms with Gasteiger partial charge in [-0.05, 0) is 99.8 Å². The molecule has 4 heterocycles. The number of ether oxygens (including phenoxy) is 4. The van der Waals surface area contributed by atoms with Crippen molar-refractivity contribution in [3.05, 3.63) is 133 Å². The number of pyridine rings is 2. The molecule has 3 atom stereocenters. The molecule has 66 heavy (non-hydrogen) atoms. The zero-order valence-corrected chi connectivity index (χ0v) is 38.9. The molecule has 5 aromatic rings. The summed E-state index contributed by atoms with van der Waals surface area (Å²) in [6.45, 7) is 9.16. The monoisotopic (exact) mass is 940 g/mol. The van der Waals surface area contributed by atoms with Crippen molar-refractivity contribution < 1.29 is 53.1 Å². The molecule has 3 unspecified atom stereocenters. The minimum atomic E-state index is -1.14. The minimum Gasteiger partial charge on any atom is -0.494 e. The lowest BCUT2D eigenvalue weighted by molar-refractivity contribution is -0.160. The lowest BCUT2D eigenvalue weighted by Crippen LogP contribution is -2.35. The van der Waals surface area contributed by atoms with Crippen LogP contribution < -0.4 is 19.7 Å². The molecule has 16 nitrogen and oxygen atoms in total. The predicted molar refractivity (Wildman–Crippen MR) is 246 cm³/mol. The van der Waals surface area contributed by atoms with Crippen molar-refractivity contribution in [1.29, 1.82) is 0 Å². The summed E-state index contributed by atoms with van der Waals surface area (Å²) in [5, 5.41) is 22.1. The summed E-state index contributed by atoms with van der Waals surface area (Å²) < 4.78 is 23.9. The summed E-state index contributed by atoms with van der Waals surface area (Å²) in [5.74, 6) is -1.74. The summed E-state index contributed by atoms with van der Waals surface area (Å²) in [6.07, 6.45) is 2.53. The number of imide groups is 1. The molecule has 0 saturated carbocycles. The van der Waals surface area contributed by atoms with E-state index in [0.717, 1.165) is 51.9 Å². The van der Waals surface area contributed by atoms with Crippen LogP contribution in [0.4, 0.5) is 4.79 Å². The Balaban J connectivity index is 1.05. The van der Waals surface area contributed by atoms with Gasteiger partial charge in [-0.25, -0.2) is 0 Å². The lowest BCUT2D eigenvalue weighted by atomic mass is 9.97. The van der Waals surface area contributed by atoms with E-state index >= 15 is 0 Å². The first-order valence-corrected chi connectivity index (χ1v) is 22.9. The maximum atomic E-state index is 13.0. The smallest absolute Gasteiger partial charge is 0.311 e. The summed E-state index contributed by atoms with van der Waals surface area (Å²) >= 11 is 1.89. The van der Waals surface area contributed by atoms with Crippen molar-refractivity contribution in [3.8, 4) is 17.4 Å². The van der Waals surface area contributed by atoms with Crippen molar-refractivity contribution in [2.75, 3.05) is 13.2 Å². The number of carbonyl (C=O) groups excluding carboxylic acids is 4. The van der Waals surface area contributed by atoms with Crippen LogP contribution in [0.1, 0.15) is 98.2 Å². The Morgan fingerprint density at radius 3 is 1.89 bits per heavy atom. The van der Waals surface area contributed by atoms with Crippen molar-refractivity contribution in [1.82, 2.24) is 19.9 Å². The van der Waals surface area contributed by atoms with E-state index in [0.29, 0.717) is 46.9 Å². The van der Waals surface area contributed by atoms with Gasteiger partial charge in [-0.2, -0.15) is 0 Å². The zero-order valence-electron chi connectivity index (χ0n) is 37.2. The molecule has 6 rings (SSSR count). The van der Waals surface area contributed by atoms with Crippen molar-refractivity contribution >= 4 is 52.2 Å². The molecule has 348 valence electrons. The topological polar surface area (TPSA) is 223 Å². The highest BCUT2D eigenvalue weighted by Gasteiger charge is 2.43. The fourth-order valence-electron chi connectivity index (χ4n) is 6.66. The van der Waals surface area contributed by atoms with E-state index < -0.39 is 40.7 Å². The van der Waals surface area contributed by atoms with Gasteiger partial charge in [0.05, 0.1) is 23.1 Å². The second-order valence-electron chi connectivity index (χ2n) is 16.9. The van der Waals surface area contributed by atoms with Gasteiger partial charge >= 0.3 is 22.8 Å². The second-order valence-corrected chi connectivity index (χ2v) is 19.4. The number of aryl methyl sites for hydroxylation is 2. The van der Waals surface area contributed by atoms with E-state index in [1.54, 1.807) is 82.4 Å². The number of thiazole rings is 1. The molecular weight excluding hydrogens is 889 g/mol. The number of aromatic nitrogens is 3. The first-order chi connectivity index (χ1) is 31.4. The zero-order chi connectivity index (χ0) is 47.6. The van der Waals surface area contributed by atoms with Gasteiger partial charge < -0.3 is 29.2 Å². The molecule has 0 bridgehead atoms.